The van der Waals surface area contributed by atoms with Gasteiger partial charge in [0.15, 0.2) is 0 Å². The van der Waals surface area contributed by atoms with Crippen LogP contribution in [0.4, 0.5) is 0 Å². The average molecular weight is 313 g/mol. The number of carbonyl (C=O) groups is 1. The van der Waals surface area contributed by atoms with Gasteiger partial charge in [-0.2, -0.15) is 0 Å². The van der Waals surface area contributed by atoms with Crippen LogP contribution in [0, 0.1) is 5.92 Å². The summed E-state index contributed by atoms with van der Waals surface area (Å²) in [5.74, 6) is 0.830. The van der Waals surface area contributed by atoms with Crippen molar-refractivity contribution in [1.29, 1.82) is 0 Å². The van der Waals surface area contributed by atoms with E-state index in [2.05, 4.69) is 5.32 Å². The van der Waals surface area contributed by atoms with E-state index in [0.29, 0.717) is 31.0 Å². The minimum atomic E-state index is 0.265. The number of thiophene rings is 1. The van der Waals surface area contributed by atoms with Crippen LogP contribution in [0.25, 0.3) is 0 Å². The highest BCUT2D eigenvalue weighted by Gasteiger charge is 2.34. The smallest absolute Gasteiger partial charge is 0.222 e. The Labute approximate surface area is 129 Å². The molecule has 0 radical (unpaired) electrons. The van der Waals surface area contributed by atoms with Gasteiger partial charge in [0.1, 0.15) is 0 Å². The second-order valence-electron chi connectivity index (χ2n) is 6.14. The molecule has 2 saturated heterocycles. The molecule has 1 amide bonds. The molecular formula is C15H21ClN2OS. The number of nitrogens with one attached hydrogen (secondary N) is 1. The first-order chi connectivity index (χ1) is 9.60. The molecule has 0 aliphatic carbocycles. The number of nitrogens with zero attached hydrogens (tertiary/aromatic N) is 1. The van der Waals surface area contributed by atoms with Crippen molar-refractivity contribution in [3.05, 3.63) is 21.3 Å². The third kappa shape index (κ3) is 3.35. The summed E-state index contributed by atoms with van der Waals surface area (Å²) in [5, 5.41) is 3.63. The Morgan fingerprint density at radius 1 is 1.40 bits per heavy atom. The maximum atomic E-state index is 12.3. The molecule has 2 fully saturated rings. The maximum Gasteiger partial charge on any atom is 0.222 e. The van der Waals surface area contributed by atoms with E-state index in [-0.39, 0.29) is 5.91 Å². The van der Waals surface area contributed by atoms with Crippen LogP contribution in [0.1, 0.15) is 37.0 Å². The third-order valence-corrected chi connectivity index (χ3v) is 5.70. The number of rotatable bonds is 4. The van der Waals surface area contributed by atoms with Gasteiger partial charge in [0.2, 0.25) is 5.91 Å². The first kappa shape index (κ1) is 14.4. The van der Waals surface area contributed by atoms with Crippen LogP contribution in [0.15, 0.2) is 12.1 Å². The Morgan fingerprint density at radius 2 is 2.10 bits per heavy atom. The molecule has 0 saturated carbocycles. The Balaban J connectivity index is 1.51. The Hall–Kier alpha value is -0.580. The molecule has 2 bridgehead atoms. The fourth-order valence-electron chi connectivity index (χ4n) is 3.50. The van der Waals surface area contributed by atoms with Crippen molar-refractivity contribution < 1.29 is 4.79 Å². The van der Waals surface area contributed by atoms with Gasteiger partial charge >= 0.3 is 0 Å². The zero-order valence-corrected chi connectivity index (χ0v) is 13.3. The molecule has 0 aromatic carbocycles. The van der Waals surface area contributed by atoms with Gasteiger partial charge in [0.25, 0.3) is 0 Å². The molecule has 5 heteroatoms. The Kier molecular flexibility index (Phi) is 4.34. The van der Waals surface area contributed by atoms with E-state index in [0.717, 1.165) is 9.21 Å². The summed E-state index contributed by atoms with van der Waals surface area (Å²) in [6.07, 6.45) is 5.61. The third-order valence-electron chi connectivity index (χ3n) is 4.48. The van der Waals surface area contributed by atoms with E-state index in [9.17, 15) is 4.79 Å². The average Bonchev–Trinajstić information content (AvgIpc) is 2.95. The molecule has 2 atom stereocenters. The molecule has 110 valence electrons. The van der Waals surface area contributed by atoms with E-state index in [1.807, 2.05) is 24.1 Å². The van der Waals surface area contributed by atoms with Crippen LogP contribution < -0.4 is 5.32 Å². The number of carbonyl (C=O) groups excluding carboxylic acids is 1. The van der Waals surface area contributed by atoms with Crippen LogP contribution >= 0.6 is 22.9 Å². The lowest BCUT2D eigenvalue weighted by Gasteiger charge is -2.29. The molecular weight excluding hydrogens is 292 g/mol. The van der Waals surface area contributed by atoms with E-state index in [1.54, 1.807) is 11.3 Å². The van der Waals surface area contributed by atoms with Gasteiger partial charge in [-0.1, -0.05) is 11.6 Å². The summed E-state index contributed by atoms with van der Waals surface area (Å²) >= 11 is 7.48. The van der Waals surface area contributed by atoms with Crippen molar-refractivity contribution in [2.45, 2.75) is 50.7 Å². The molecule has 1 aromatic rings. The molecule has 2 aliphatic rings. The second kappa shape index (κ2) is 6.04. The number of hydrogen-bond acceptors (Lipinski definition) is 3. The molecule has 2 aliphatic heterocycles. The second-order valence-corrected chi connectivity index (χ2v) is 7.93. The largest absolute Gasteiger partial charge is 0.341 e. The molecule has 3 rings (SSSR count). The number of amides is 1. The molecule has 1 aromatic heterocycles. The molecule has 20 heavy (non-hydrogen) atoms. The standard InChI is InChI=1S/C15H21ClN2OS/c1-18(9-13-4-5-14(16)20-13)15(19)8-10-6-11-2-3-12(7-10)17-11/h4-5,10-12,17H,2-3,6-9H2,1H3. The molecule has 0 spiro atoms. The minimum absolute atomic E-state index is 0.265. The summed E-state index contributed by atoms with van der Waals surface area (Å²) in [5.41, 5.74) is 0. The summed E-state index contributed by atoms with van der Waals surface area (Å²) in [6, 6.07) is 5.22. The number of fused-ring (bicyclic) bond motifs is 2. The van der Waals surface area contributed by atoms with Crippen molar-refractivity contribution in [2.24, 2.45) is 5.92 Å². The molecule has 1 N–H and O–H groups in total. The van der Waals surface area contributed by atoms with Gasteiger partial charge < -0.3 is 10.2 Å². The summed E-state index contributed by atoms with van der Waals surface area (Å²) < 4.78 is 0.788. The minimum Gasteiger partial charge on any atom is -0.341 e. The van der Waals surface area contributed by atoms with Gasteiger partial charge in [-0.3, -0.25) is 4.79 Å². The van der Waals surface area contributed by atoms with Crippen molar-refractivity contribution in [2.75, 3.05) is 7.05 Å². The van der Waals surface area contributed by atoms with Crippen LogP contribution in [0.5, 0.6) is 0 Å². The monoisotopic (exact) mass is 312 g/mol. The summed E-state index contributed by atoms with van der Waals surface area (Å²) in [6.45, 7) is 0.675. The lowest BCUT2D eigenvalue weighted by atomic mass is 9.89. The van der Waals surface area contributed by atoms with Crippen molar-refractivity contribution >= 4 is 28.8 Å². The predicted octanol–water partition coefficient (Wildman–Crippen LogP) is 3.28. The van der Waals surface area contributed by atoms with E-state index in [1.165, 1.54) is 25.7 Å². The lowest BCUT2D eigenvalue weighted by Crippen LogP contribution is -2.39. The number of halogens is 1. The summed E-state index contributed by atoms with van der Waals surface area (Å²) in [4.78, 5) is 15.3. The SMILES string of the molecule is CN(Cc1ccc(Cl)s1)C(=O)CC1CC2CCC(C1)N2. The number of hydrogen-bond donors (Lipinski definition) is 1. The quantitative estimate of drug-likeness (QED) is 0.925. The fourth-order valence-corrected chi connectivity index (χ4v) is 4.64. The fraction of sp³-hybridized carbons (Fsp3) is 0.667. The summed E-state index contributed by atoms with van der Waals surface area (Å²) in [7, 11) is 1.89. The van der Waals surface area contributed by atoms with Gasteiger partial charge in [-0.05, 0) is 43.7 Å². The van der Waals surface area contributed by atoms with E-state index < -0.39 is 0 Å². The Bertz CT molecular complexity index is 478. The first-order valence-corrected chi connectivity index (χ1v) is 8.54. The zero-order valence-electron chi connectivity index (χ0n) is 11.8. The van der Waals surface area contributed by atoms with Gasteiger partial charge in [-0.25, -0.2) is 0 Å². The van der Waals surface area contributed by atoms with Crippen molar-refractivity contribution in [3.8, 4) is 0 Å². The molecule has 3 heterocycles. The van der Waals surface area contributed by atoms with E-state index >= 15 is 0 Å². The van der Waals surface area contributed by atoms with Crippen LogP contribution in [-0.2, 0) is 11.3 Å². The highest BCUT2D eigenvalue weighted by atomic mass is 35.5. The predicted molar refractivity (Wildman–Crippen MR) is 83.1 cm³/mol. The lowest BCUT2D eigenvalue weighted by molar-refractivity contribution is -0.131. The van der Waals surface area contributed by atoms with Crippen LogP contribution in [-0.4, -0.2) is 29.9 Å². The van der Waals surface area contributed by atoms with Crippen LogP contribution in [0.3, 0.4) is 0 Å². The van der Waals surface area contributed by atoms with Crippen LogP contribution in [0.2, 0.25) is 4.34 Å². The zero-order chi connectivity index (χ0) is 14.1. The molecule has 3 nitrogen and oxygen atoms in total. The van der Waals surface area contributed by atoms with Gasteiger partial charge in [0.05, 0.1) is 10.9 Å². The normalized spacial score (nSPS) is 28.6. The van der Waals surface area contributed by atoms with Gasteiger partial charge in [0, 0.05) is 30.4 Å². The van der Waals surface area contributed by atoms with Gasteiger partial charge in [-0.15, -0.1) is 11.3 Å². The molecule has 2 unspecified atom stereocenters. The maximum absolute atomic E-state index is 12.3. The topological polar surface area (TPSA) is 32.3 Å². The van der Waals surface area contributed by atoms with Crippen molar-refractivity contribution in [3.63, 3.8) is 0 Å². The Morgan fingerprint density at radius 3 is 2.70 bits per heavy atom. The first-order valence-electron chi connectivity index (χ1n) is 7.34. The van der Waals surface area contributed by atoms with Crippen molar-refractivity contribution in [1.82, 2.24) is 10.2 Å². The van der Waals surface area contributed by atoms with E-state index in [4.69, 9.17) is 11.6 Å². The highest BCUT2D eigenvalue weighted by molar-refractivity contribution is 7.16. The highest BCUT2D eigenvalue weighted by Crippen LogP contribution is 2.33. The number of piperidine rings is 1.